The van der Waals surface area contributed by atoms with Gasteiger partial charge in [0.2, 0.25) is 0 Å². The normalized spacial score (nSPS) is 15.0. The van der Waals surface area contributed by atoms with Crippen LogP contribution in [0.25, 0.3) is 11.4 Å². The maximum atomic E-state index is 12.9. The molecular weight excluding hydrogens is 454 g/mol. The number of hydrogen-bond acceptors (Lipinski definition) is 8. The zero-order valence-corrected chi connectivity index (χ0v) is 20.1. The fraction of sp³-hybridized carbons (Fsp3) is 0.400. The molecule has 0 spiro atoms. The second-order valence-corrected chi connectivity index (χ2v) is 9.35. The van der Waals surface area contributed by atoms with Gasteiger partial charge in [0.25, 0.3) is 0 Å². The molecule has 0 aliphatic carbocycles. The van der Waals surface area contributed by atoms with Crippen molar-refractivity contribution in [2.45, 2.75) is 37.9 Å². The summed E-state index contributed by atoms with van der Waals surface area (Å²) in [6, 6.07) is 11.3. The van der Waals surface area contributed by atoms with E-state index < -0.39 is 0 Å². The van der Waals surface area contributed by atoms with E-state index in [1.54, 1.807) is 18.2 Å². The minimum atomic E-state index is -0.00363. The first kappa shape index (κ1) is 22.6. The molecular formula is C25H27N3O5S. The standard InChI is InChI=1S/C25H27N3O5S/c1-16(2)28-24(18-6-8-21-23(14-18)33-12-4-10-31-21)26-27-25(28)34-15-19(29)17-5-7-20-22(13-17)32-11-3-9-30-20/h5-8,13-14,16H,3-4,9-12,15H2,1-2H3. The van der Waals surface area contributed by atoms with Crippen LogP contribution in [0.15, 0.2) is 41.6 Å². The van der Waals surface area contributed by atoms with E-state index in [1.165, 1.54) is 11.8 Å². The van der Waals surface area contributed by atoms with Gasteiger partial charge < -0.3 is 18.9 Å². The number of ether oxygens (including phenoxy) is 4. The van der Waals surface area contributed by atoms with Gasteiger partial charge >= 0.3 is 0 Å². The molecule has 34 heavy (non-hydrogen) atoms. The van der Waals surface area contributed by atoms with Crippen LogP contribution in [0.1, 0.15) is 43.1 Å². The topological polar surface area (TPSA) is 84.7 Å². The summed E-state index contributed by atoms with van der Waals surface area (Å²) in [4.78, 5) is 12.9. The Labute approximate surface area is 202 Å². The lowest BCUT2D eigenvalue weighted by molar-refractivity contribution is 0.102. The van der Waals surface area contributed by atoms with Crippen LogP contribution < -0.4 is 18.9 Å². The Morgan fingerprint density at radius 3 is 2.18 bits per heavy atom. The first-order valence-electron chi connectivity index (χ1n) is 11.5. The molecule has 2 aliphatic heterocycles. The summed E-state index contributed by atoms with van der Waals surface area (Å²) in [5.74, 6) is 3.73. The van der Waals surface area contributed by atoms with E-state index in [1.807, 2.05) is 22.8 Å². The fourth-order valence-corrected chi connectivity index (χ4v) is 4.85. The minimum absolute atomic E-state index is 0.00363. The number of nitrogens with zero attached hydrogens (tertiary/aromatic N) is 3. The number of hydrogen-bond donors (Lipinski definition) is 0. The highest BCUT2D eigenvalue weighted by atomic mass is 32.2. The molecule has 0 unspecified atom stereocenters. The van der Waals surface area contributed by atoms with Gasteiger partial charge in [-0.3, -0.25) is 9.36 Å². The molecule has 0 radical (unpaired) electrons. The van der Waals surface area contributed by atoms with Crippen LogP contribution in [0.4, 0.5) is 0 Å². The van der Waals surface area contributed by atoms with Gasteiger partial charge in [0.1, 0.15) is 0 Å². The molecule has 0 amide bonds. The Hall–Kier alpha value is -3.20. The molecule has 0 saturated heterocycles. The maximum absolute atomic E-state index is 12.9. The van der Waals surface area contributed by atoms with Crippen molar-refractivity contribution in [1.29, 1.82) is 0 Å². The molecule has 178 valence electrons. The van der Waals surface area contributed by atoms with Gasteiger partial charge in [-0.05, 0) is 50.2 Å². The highest BCUT2D eigenvalue weighted by molar-refractivity contribution is 7.99. The SMILES string of the molecule is CC(C)n1c(SCC(=O)c2ccc3c(c2)OCCCO3)nnc1-c1ccc2c(c1)OCCCO2. The number of aromatic nitrogens is 3. The summed E-state index contributed by atoms with van der Waals surface area (Å²) in [5, 5.41) is 9.54. The van der Waals surface area contributed by atoms with E-state index in [2.05, 4.69) is 24.0 Å². The van der Waals surface area contributed by atoms with Gasteiger partial charge in [-0.25, -0.2) is 0 Å². The minimum Gasteiger partial charge on any atom is -0.490 e. The average Bonchev–Trinajstić information content (AvgIpc) is 2.98. The van der Waals surface area contributed by atoms with Crippen molar-refractivity contribution < 1.29 is 23.7 Å². The smallest absolute Gasteiger partial charge is 0.192 e. The number of rotatable bonds is 6. The molecule has 8 nitrogen and oxygen atoms in total. The van der Waals surface area contributed by atoms with Crippen molar-refractivity contribution >= 4 is 17.5 Å². The van der Waals surface area contributed by atoms with E-state index in [-0.39, 0.29) is 17.6 Å². The third kappa shape index (κ3) is 4.70. The van der Waals surface area contributed by atoms with Gasteiger partial charge in [-0.15, -0.1) is 10.2 Å². The summed E-state index contributed by atoms with van der Waals surface area (Å²) >= 11 is 1.38. The lowest BCUT2D eigenvalue weighted by Crippen LogP contribution is -2.08. The molecule has 0 bridgehead atoms. The van der Waals surface area contributed by atoms with E-state index in [0.717, 1.165) is 30.0 Å². The van der Waals surface area contributed by atoms with Crippen molar-refractivity contribution in [3.8, 4) is 34.4 Å². The Balaban J connectivity index is 1.35. The molecule has 2 aromatic carbocycles. The van der Waals surface area contributed by atoms with E-state index >= 15 is 0 Å². The van der Waals surface area contributed by atoms with Crippen molar-refractivity contribution in [3.63, 3.8) is 0 Å². The number of carbonyl (C=O) groups is 1. The fourth-order valence-electron chi connectivity index (χ4n) is 3.89. The van der Waals surface area contributed by atoms with Crippen LogP contribution in [-0.2, 0) is 0 Å². The van der Waals surface area contributed by atoms with Crippen LogP contribution in [-0.4, -0.2) is 52.7 Å². The highest BCUT2D eigenvalue weighted by Gasteiger charge is 2.21. The number of thioether (sulfide) groups is 1. The molecule has 0 N–H and O–H groups in total. The van der Waals surface area contributed by atoms with E-state index in [9.17, 15) is 4.79 Å². The van der Waals surface area contributed by atoms with Gasteiger partial charge in [0, 0.05) is 30.0 Å². The predicted molar refractivity (Wildman–Crippen MR) is 129 cm³/mol. The number of ketones is 1. The molecule has 1 aromatic heterocycles. The van der Waals surface area contributed by atoms with Crippen molar-refractivity contribution in [2.75, 3.05) is 32.2 Å². The zero-order valence-electron chi connectivity index (χ0n) is 19.3. The maximum Gasteiger partial charge on any atom is 0.192 e. The van der Waals surface area contributed by atoms with Gasteiger partial charge in [0.05, 0.1) is 32.2 Å². The lowest BCUT2D eigenvalue weighted by atomic mass is 10.1. The van der Waals surface area contributed by atoms with Gasteiger partial charge in [-0.2, -0.15) is 0 Å². The quantitative estimate of drug-likeness (QED) is 0.366. The molecule has 0 saturated carbocycles. The molecule has 3 aromatic rings. The summed E-state index contributed by atoms with van der Waals surface area (Å²) < 4.78 is 25.0. The zero-order chi connectivity index (χ0) is 23.5. The first-order chi connectivity index (χ1) is 16.6. The van der Waals surface area contributed by atoms with Crippen LogP contribution in [0.2, 0.25) is 0 Å². The Morgan fingerprint density at radius 1 is 0.882 bits per heavy atom. The summed E-state index contributed by atoms with van der Waals surface area (Å²) in [7, 11) is 0. The van der Waals surface area contributed by atoms with Crippen LogP contribution >= 0.6 is 11.8 Å². The Morgan fingerprint density at radius 2 is 1.50 bits per heavy atom. The largest absolute Gasteiger partial charge is 0.490 e. The molecule has 5 rings (SSSR count). The number of benzene rings is 2. The molecule has 0 atom stereocenters. The van der Waals surface area contributed by atoms with Crippen LogP contribution in [0, 0.1) is 0 Å². The third-order valence-corrected chi connectivity index (χ3v) is 6.53. The summed E-state index contributed by atoms with van der Waals surface area (Å²) in [6.45, 7) is 6.62. The molecule has 9 heteroatoms. The molecule has 3 heterocycles. The second-order valence-electron chi connectivity index (χ2n) is 8.41. The van der Waals surface area contributed by atoms with Gasteiger partial charge in [0.15, 0.2) is 39.8 Å². The average molecular weight is 482 g/mol. The predicted octanol–water partition coefficient (Wildman–Crippen LogP) is 4.82. The van der Waals surface area contributed by atoms with E-state index in [0.29, 0.717) is 54.4 Å². The first-order valence-corrected chi connectivity index (χ1v) is 12.5. The van der Waals surface area contributed by atoms with Crippen molar-refractivity contribution in [2.24, 2.45) is 0 Å². The van der Waals surface area contributed by atoms with Crippen LogP contribution in [0.3, 0.4) is 0 Å². The molecule has 2 aliphatic rings. The van der Waals surface area contributed by atoms with Crippen molar-refractivity contribution in [1.82, 2.24) is 14.8 Å². The number of Topliss-reactive ketones (excluding diaryl/α,β-unsaturated/α-hetero) is 1. The monoisotopic (exact) mass is 481 g/mol. The summed E-state index contributed by atoms with van der Waals surface area (Å²) in [5.41, 5.74) is 1.49. The van der Waals surface area contributed by atoms with Crippen molar-refractivity contribution in [3.05, 3.63) is 42.0 Å². The molecule has 0 fully saturated rings. The summed E-state index contributed by atoms with van der Waals surface area (Å²) in [6.07, 6.45) is 1.68. The van der Waals surface area contributed by atoms with Gasteiger partial charge in [-0.1, -0.05) is 11.8 Å². The lowest BCUT2D eigenvalue weighted by Gasteiger charge is -2.15. The Bertz CT molecular complexity index is 1190. The number of fused-ring (bicyclic) bond motifs is 2. The van der Waals surface area contributed by atoms with E-state index in [4.69, 9.17) is 18.9 Å². The highest BCUT2D eigenvalue weighted by Crippen LogP contribution is 2.36. The van der Waals surface area contributed by atoms with Crippen LogP contribution in [0.5, 0.6) is 23.0 Å². The second kappa shape index (κ2) is 9.97. The number of carbonyl (C=O) groups excluding carboxylic acids is 1. The Kier molecular flexibility index (Phi) is 6.62. The third-order valence-electron chi connectivity index (χ3n) is 5.59.